The Hall–Kier alpha value is -0.570. The van der Waals surface area contributed by atoms with Crippen molar-refractivity contribution in [2.45, 2.75) is 32.7 Å². The third kappa shape index (κ3) is 1.70. The van der Waals surface area contributed by atoms with E-state index in [0.717, 1.165) is 13.0 Å². The maximum absolute atomic E-state index is 11.5. The predicted octanol–water partition coefficient (Wildman–Crippen LogP) is 1.18. The highest BCUT2D eigenvalue weighted by Gasteiger charge is 2.45. The second-order valence-corrected chi connectivity index (χ2v) is 4.23. The zero-order valence-electron chi connectivity index (χ0n) is 8.89. The molecule has 0 amide bonds. The van der Waals surface area contributed by atoms with Gasteiger partial charge >= 0.3 is 5.97 Å². The van der Waals surface area contributed by atoms with Gasteiger partial charge in [-0.3, -0.25) is 4.79 Å². The first-order valence-electron chi connectivity index (χ1n) is 4.85. The van der Waals surface area contributed by atoms with Crippen molar-refractivity contribution in [3.8, 4) is 0 Å². The summed E-state index contributed by atoms with van der Waals surface area (Å²) >= 11 is 0. The van der Waals surface area contributed by atoms with E-state index in [2.05, 4.69) is 26.1 Å². The van der Waals surface area contributed by atoms with Gasteiger partial charge in [0.1, 0.15) is 0 Å². The molecule has 3 nitrogen and oxygen atoms in total. The Kier molecular flexibility index (Phi) is 2.96. The van der Waals surface area contributed by atoms with Crippen LogP contribution in [0.3, 0.4) is 0 Å². The van der Waals surface area contributed by atoms with Gasteiger partial charge in [-0.1, -0.05) is 13.8 Å². The molecule has 1 aliphatic heterocycles. The van der Waals surface area contributed by atoms with E-state index in [-0.39, 0.29) is 17.4 Å². The molecule has 3 heteroatoms. The average Bonchev–Trinajstić information content (AvgIpc) is 2.47. The van der Waals surface area contributed by atoms with Gasteiger partial charge in [0.05, 0.1) is 13.0 Å². The fraction of sp³-hybridized carbons (Fsp3) is 0.900. The molecule has 1 N–H and O–H groups in total. The lowest BCUT2D eigenvalue weighted by Gasteiger charge is -2.34. The Morgan fingerprint density at radius 1 is 1.62 bits per heavy atom. The molecule has 0 aromatic heterocycles. The van der Waals surface area contributed by atoms with Crippen LogP contribution in [0.5, 0.6) is 0 Å². The minimum atomic E-state index is -0.0902. The van der Waals surface area contributed by atoms with Crippen LogP contribution in [-0.4, -0.2) is 25.2 Å². The molecular weight excluding hydrogens is 166 g/mol. The topological polar surface area (TPSA) is 38.3 Å². The second-order valence-electron chi connectivity index (χ2n) is 4.23. The van der Waals surface area contributed by atoms with E-state index in [0.29, 0.717) is 5.92 Å². The Morgan fingerprint density at radius 3 is 2.69 bits per heavy atom. The van der Waals surface area contributed by atoms with E-state index >= 15 is 0 Å². The maximum atomic E-state index is 11.5. The summed E-state index contributed by atoms with van der Waals surface area (Å²) < 4.78 is 4.80. The van der Waals surface area contributed by atoms with Crippen LogP contribution in [0.4, 0.5) is 0 Å². The summed E-state index contributed by atoms with van der Waals surface area (Å²) in [5.74, 6) is 0.373. The predicted molar refractivity (Wildman–Crippen MR) is 51.4 cm³/mol. The summed E-state index contributed by atoms with van der Waals surface area (Å²) in [7, 11) is 1.46. The van der Waals surface area contributed by atoms with E-state index in [4.69, 9.17) is 4.74 Å². The summed E-state index contributed by atoms with van der Waals surface area (Å²) in [4.78, 5) is 11.5. The van der Waals surface area contributed by atoms with Gasteiger partial charge in [0.2, 0.25) is 0 Å². The first kappa shape index (κ1) is 10.5. The lowest BCUT2D eigenvalue weighted by Crippen LogP contribution is -2.49. The molecule has 1 rings (SSSR count). The number of esters is 1. The van der Waals surface area contributed by atoms with Crippen molar-refractivity contribution >= 4 is 5.97 Å². The number of rotatable bonds is 2. The Labute approximate surface area is 79.8 Å². The third-order valence-corrected chi connectivity index (χ3v) is 3.35. The Bertz CT molecular complexity index is 203. The molecule has 0 aromatic rings. The molecule has 1 fully saturated rings. The molecule has 1 heterocycles. The highest BCUT2D eigenvalue weighted by Crippen LogP contribution is 2.33. The summed E-state index contributed by atoms with van der Waals surface area (Å²) in [6, 6.07) is 0. The van der Waals surface area contributed by atoms with Gasteiger partial charge < -0.3 is 10.1 Å². The molecule has 1 aliphatic rings. The van der Waals surface area contributed by atoms with Gasteiger partial charge in [-0.15, -0.1) is 0 Å². The summed E-state index contributed by atoms with van der Waals surface area (Å²) in [6.07, 6.45) is 0.890. The van der Waals surface area contributed by atoms with Gasteiger partial charge in [-0.25, -0.2) is 0 Å². The second kappa shape index (κ2) is 3.66. The summed E-state index contributed by atoms with van der Waals surface area (Å²) in [5.41, 5.74) is -0.0902. The number of hydrogen-bond donors (Lipinski definition) is 1. The molecule has 0 bridgehead atoms. The van der Waals surface area contributed by atoms with Crippen molar-refractivity contribution in [2.24, 2.45) is 11.8 Å². The molecule has 0 spiro atoms. The van der Waals surface area contributed by atoms with Crippen LogP contribution in [0.15, 0.2) is 0 Å². The molecule has 13 heavy (non-hydrogen) atoms. The van der Waals surface area contributed by atoms with Gasteiger partial charge in [0, 0.05) is 5.54 Å². The minimum absolute atomic E-state index is 0.0116. The van der Waals surface area contributed by atoms with Crippen LogP contribution in [0, 0.1) is 11.8 Å². The summed E-state index contributed by atoms with van der Waals surface area (Å²) in [6.45, 7) is 7.28. The maximum Gasteiger partial charge on any atom is 0.310 e. The molecule has 76 valence electrons. The highest BCUT2D eigenvalue weighted by atomic mass is 16.5. The lowest BCUT2D eigenvalue weighted by molar-refractivity contribution is -0.147. The number of ether oxygens (including phenoxy) is 1. The number of carbonyl (C=O) groups is 1. The van der Waals surface area contributed by atoms with Crippen molar-refractivity contribution in [1.82, 2.24) is 5.32 Å². The third-order valence-electron chi connectivity index (χ3n) is 3.35. The number of carbonyl (C=O) groups excluding carboxylic acids is 1. The smallest absolute Gasteiger partial charge is 0.310 e. The quantitative estimate of drug-likeness (QED) is 0.657. The largest absolute Gasteiger partial charge is 0.469 e. The normalized spacial score (nSPS) is 33.8. The van der Waals surface area contributed by atoms with E-state index < -0.39 is 0 Å². The minimum Gasteiger partial charge on any atom is -0.469 e. The van der Waals surface area contributed by atoms with Crippen LogP contribution in [-0.2, 0) is 9.53 Å². The zero-order valence-corrected chi connectivity index (χ0v) is 8.89. The van der Waals surface area contributed by atoms with E-state index in [1.807, 2.05) is 0 Å². The molecule has 2 unspecified atom stereocenters. The molecule has 0 aliphatic carbocycles. The number of methoxy groups -OCH3 is 1. The monoisotopic (exact) mass is 185 g/mol. The van der Waals surface area contributed by atoms with Gasteiger partial charge in [0.25, 0.3) is 0 Å². The molecule has 0 radical (unpaired) electrons. The van der Waals surface area contributed by atoms with Crippen molar-refractivity contribution in [1.29, 1.82) is 0 Å². The van der Waals surface area contributed by atoms with Crippen LogP contribution < -0.4 is 5.32 Å². The Balaban J connectivity index is 2.79. The van der Waals surface area contributed by atoms with Gasteiger partial charge in [-0.2, -0.15) is 0 Å². The van der Waals surface area contributed by atoms with Crippen LogP contribution in [0.1, 0.15) is 27.2 Å². The first-order valence-corrected chi connectivity index (χ1v) is 4.85. The van der Waals surface area contributed by atoms with Crippen molar-refractivity contribution in [3.63, 3.8) is 0 Å². The van der Waals surface area contributed by atoms with Crippen LogP contribution >= 0.6 is 0 Å². The first-order chi connectivity index (χ1) is 6.02. The fourth-order valence-electron chi connectivity index (χ4n) is 2.02. The van der Waals surface area contributed by atoms with Crippen LogP contribution in [0.25, 0.3) is 0 Å². The van der Waals surface area contributed by atoms with E-state index in [9.17, 15) is 4.79 Å². The average molecular weight is 185 g/mol. The van der Waals surface area contributed by atoms with E-state index in [1.54, 1.807) is 0 Å². The van der Waals surface area contributed by atoms with Gasteiger partial charge in [0.15, 0.2) is 0 Å². The van der Waals surface area contributed by atoms with Crippen molar-refractivity contribution in [2.75, 3.05) is 13.7 Å². The molecule has 0 saturated carbocycles. The zero-order chi connectivity index (χ0) is 10.1. The molecule has 0 aromatic carbocycles. The fourth-order valence-corrected chi connectivity index (χ4v) is 2.02. The van der Waals surface area contributed by atoms with Crippen molar-refractivity contribution < 1.29 is 9.53 Å². The van der Waals surface area contributed by atoms with Crippen molar-refractivity contribution in [3.05, 3.63) is 0 Å². The standard InChI is InChI=1S/C10H19NO2/c1-7(2)10(3)8(5-6-11-10)9(12)13-4/h7-8,11H,5-6H2,1-4H3. The summed E-state index contributed by atoms with van der Waals surface area (Å²) in [5, 5.41) is 3.40. The Morgan fingerprint density at radius 2 is 2.23 bits per heavy atom. The molecular formula is C10H19NO2. The van der Waals surface area contributed by atoms with E-state index in [1.165, 1.54) is 7.11 Å². The van der Waals surface area contributed by atoms with Crippen LogP contribution in [0.2, 0.25) is 0 Å². The molecule has 1 saturated heterocycles. The lowest BCUT2D eigenvalue weighted by atomic mass is 9.78. The number of nitrogens with one attached hydrogen (secondary N) is 1. The number of hydrogen-bond acceptors (Lipinski definition) is 3. The van der Waals surface area contributed by atoms with Gasteiger partial charge in [-0.05, 0) is 25.8 Å². The SMILES string of the molecule is COC(=O)C1CCNC1(C)C(C)C. The molecule has 2 atom stereocenters. The highest BCUT2D eigenvalue weighted by molar-refractivity contribution is 5.74.